The molecule has 0 bridgehead atoms. The monoisotopic (exact) mass is 325 g/mol. The summed E-state index contributed by atoms with van der Waals surface area (Å²) in [5, 5.41) is 1.41. The fraction of sp³-hybridized carbons (Fsp3) is 0. The van der Waals surface area contributed by atoms with Gasteiger partial charge >= 0.3 is 0 Å². The van der Waals surface area contributed by atoms with Crippen LogP contribution in [0.2, 0.25) is 10.0 Å². The molecule has 0 unspecified atom stereocenters. The predicted molar refractivity (Wildman–Crippen MR) is 94.6 cm³/mol. The van der Waals surface area contributed by atoms with E-state index in [0.717, 1.165) is 22.5 Å². The van der Waals surface area contributed by atoms with Crippen molar-refractivity contribution in [1.82, 2.24) is 0 Å². The molecule has 0 aliphatic rings. The predicted octanol–water partition coefficient (Wildman–Crippen LogP) is 6.16. The lowest BCUT2D eigenvalue weighted by Gasteiger charge is -2.08. The molecule has 3 rings (SSSR count). The number of aliphatic imine (C=N–C) groups is 1. The Bertz CT molecular complexity index is 776. The van der Waals surface area contributed by atoms with E-state index < -0.39 is 0 Å². The van der Waals surface area contributed by atoms with Gasteiger partial charge in [0.1, 0.15) is 0 Å². The summed E-state index contributed by atoms with van der Waals surface area (Å²) in [6.07, 6.45) is 0. The van der Waals surface area contributed by atoms with Gasteiger partial charge in [0.25, 0.3) is 0 Å². The van der Waals surface area contributed by atoms with E-state index >= 15 is 0 Å². The molecule has 3 aromatic rings. The highest BCUT2D eigenvalue weighted by Crippen LogP contribution is 2.21. The van der Waals surface area contributed by atoms with Gasteiger partial charge < -0.3 is 0 Å². The molecule has 0 aromatic heterocycles. The van der Waals surface area contributed by atoms with Crippen LogP contribution < -0.4 is 0 Å². The minimum absolute atomic E-state index is 0.701. The van der Waals surface area contributed by atoms with Crippen LogP contribution in [0.5, 0.6) is 0 Å². The zero-order chi connectivity index (χ0) is 15.4. The molecule has 0 amide bonds. The van der Waals surface area contributed by atoms with Crippen molar-refractivity contribution in [1.29, 1.82) is 0 Å². The quantitative estimate of drug-likeness (QED) is 0.511. The standard InChI is InChI=1S/C19H13Cl2N/c20-16-8-6-15(7-9-16)19(14-4-2-1-3-5-14)22-18-12-10-17(21)11-13-18/h1-13H. The van der Waals surface area contributed by atoms with Gasteiger partial charge in [-0.1, -0.05) is 65.7 Å². The van der Waals surface area contributed by atoms with Crippen LogP contribution >= 0.6 is 23.2 Å². The van der Waals surface area contributed by atoms with Crippen molar-refractivity contribution < 1.29 is 0 Å². The lowest BCUT2D eigenvalue weighted by Crippen LogP contribution is -2.02. The molecular weight excluding hydrogens is 313 g/mol. The van der Waals surface area contributed by atoms with Gasteiger partial charge in [-0.05, 0) is 36.4 Å². The Hall–Kier alpha value is -2.09. The molecule has 3 aromatic carbocycles. The van der Waals surface area contributed by atoms with Crippen molar-refractivity contribution in [2.24, 2.45) is 4.99 Å². The van der Waals surface area contributed by atoms with Crippen molar-refractivity contribution in [3.8, 4) is 0 Å². The molecule has 1 nitrogen and oxygen atoms in total. The molecule has 108 valence electrons. The van der Waals surface area contributed by atoms with Crippen LogP contribution in [0.4, 0.5) is 5.69 Å². The maximum atomic E-state index is 5.99. The highest BCUT2D eigenvalue weighted by Gasteiger charge is 2.07. The Morgan fingerprint density at radius 2 is 1.09 bits per heavy atom. The molecule has 0 heterocycles. The molecule has 0 fully saturated rings. The summed E-state index contributed by atoms with van der Waals surface area (Å²) in [5.41, 5.74) is 3.84. The molecule has 22 heavy (non-hydrogen) atoms. The third-order valence-corrected chi connectivity index (χ3v) is 3.74. The lowest BCUT2D eigenvalue weighted by molar-refractivity contribution is 1.47. The Labute approximate surface area is 139 Å². The second kappa shape index (κ2) is 6.78. The van der Waals surface area contributed by atoms with Gasteiger partial charge in [-0.15, -0.1) is 0 Å². The minimum atomic E-state index is 0.701. The highest BCUT2D eigenvalue weighted by molar-refractivity contribution is 6.31. The second-order valence-corrected chi connectivity index (χ2v) is 5.68. The molecule has 0 saturated heterocycles. The van der Waals surface area contributed by atoms with Gasteiger partial charge in [0.05, 0.1) is 11.4 Å². The molecule has 0 aliphatic heterocycles. The SMILES string of the molecule is Clc1ccc(N=C(c2ccccc2)c2ccc(Cl)cc2)cc1. The van der Waals surface area contributed by atoms with E-state index in [-0.39, 0.29) is 0 Å². The third-order valence-electron chi connectivity index (χ3n) is 3.23. The van der Waals surface area contributed by atoms with Crippen LogP contribution in [-0.4, -0.2) is 5.71 Å². The summed E-state index contributed by atoms with van der Waals surface area (Å²) in [4.78, 5) is 4.78. The van der Waals surface area contributed by atoms with Crippen molar-refractivity contribution in [3.05, 3.63) is 100 Å². The van der Waals surface area contributed by atoms with E-state index in [1.165, 1.54) is 0 Å². The van der Waals surface area contributed by atoms with Gasteiger partial charge in [0.15, 0.2) is 0 Å². The molecule has 0 atom stereocenters. The van der Waals surface area contributed by atoms with Crippen LogP contribution in [0, 0.1) is 0 Å². The first-order valence-electron chi connectivity index (χ1n) is 6.88. The van der Waals surface area contributed by atoms with Gasteiger partial charge in [-0.3, -0.25) is 0 Å². The third kappa shape index (κ3) is 3.56. The van der Waals surface area contributed by atoms with E-state index in [0.29, 0.717) is 10.0 Å². The minimum Gasteiger partial charge on any atom is -0.248 e. The summed E-state index contributed by atoms with van der Waals surface area (Å²) in [5.74, 6) is 0. The molecule has 0 spiro atoms. The summed E-state index contributed by atoms with van der Waals surface area (Å²) in [7, 11) is 0. The Morgan fingerprint density at radius 3 is 1.68 bits per heavy atom. The van der Waals surface area contributed by atoms with Crippen molar-refractivity contribution in [2.75, 3.05) is 0 Å². The van der Waals surface area contributed by atoms with Crippen LogP contribution in [0.3, 0.4) is 0 Å². The number of nitrogens with zero attached hydrogens (tertiary/aromatic N) is 1. The van der Waals surface area contributed by atoms with Gasteiger partial charge in [-0.25, -0.2) is 4.99 Å². The average molecular weight is 326 g/mol. The maximum absolute atomic E-state index is 5.99. The van der Waals surface area contributed by atoms with Crippen molar-refractivity contribution in [2.45, 2.75) is 0 Å². The topological polar surface area (TPSA) is 12.4 Å². The number of halogens is 2. The lowest BCUT2D eigenvalue weighted by atomic mass is 10.0. The van der Waals surface area contributed by atoms with Gasteiger partial charge in [0.2, 0.25) is 0 Å². The normalized spacial score (nSPS) is 11.5. The van der Waals surface area contributed by atoms with Crippen LogP contribution in [-0.2, 0) is 0 Å². The Balaban J connectivity index is 2.10. The first-order valence-corrected chi connectivity index (χ1v) is 7.63. The summed E-state index contributed by atoms with van der Waals surface area (Å²) < 4.78 is 0. The van der Waals surface area contributed by atoms with Crippen LogP contribution in [0.15, 0.2) is 83.9 Å². The smallest absolute Gasteiger partial charge is 0.0781 e. The molecule has 0 radical (unpaired) electrons. The molecule has 0 saturated carbocycles. The number of hydrogen-bond donors (Lipinski definition) is 0. The first kappa shape index (κ1) is 14.8. The first-order chi connectivity index (χ1) is 10.7. The van der Waals surface area contributed by atoms with E-state index in [1.807, 2.05) is 78.9 Å². The Kier molecular flexibility index (Phi) is 4.57. The Morgan fingerprint density at radius 1 is 0.591 bits per heavy atom. The second-order valence-electron chi connectivity index (χ2n) is 4.81. The number of benzene rings is 3. The summed E-state index contributed by atoms with van der Waals surface area (Å²) in [6, 6.07) is 25.3. The maximum Gasteiger partial charge on any atom is 0.0781 e. The van der Waals surface area contributed by atoms with Crippen molar-refractivity contribution >= 4 is 34.6 Å². The fourth-order valence-corrected chi connectivity index (χ4v) is 2.40. The van der Waals surface area contributed by atoms with E-state index in [2.05, 4.69) is 0 Å². The van der Waals surface area contributed by atoms with Gasteiger partial charge in [0, 0.05) is 21.2 Å². The molecule has 3 heteroatoms. The zero-order valence-electron chi connectivity index (χ0n) is 11.7. The number of rotatable bonds is 3. The van der Waals surface area contributed by atoms with Gasteiger partial charge in [-0.2, -0.15) is 0 Å². The average Bonchev–Trinajstić information content (AvgIpc) is 2.56. The fourth-order valence-electron chi connectivity index (χ4n) is 2.14. The zero-order valence-corrected chi connectivity index (χ0v) is 13.2. The highest BCUT2D eigenvalue weighted by atomic mass is 35.5. The molecule has 0 N–H and O–H groups in total. The number of hydrogen-bond acceptors (Lipinski definition) is 1. The van der Waals surface area contributed by atoms with Crippen LogP contribution in [0.1, 0.15) is 11.1 Å². The molecular formula is C19H13Cl2N. The van der Waals surface area contributed by atoms with E-state index in [4.69, 9.17) is 28.2 Å². The largest absolute Gasteiger partial charge is 0.248 e. The van der Waals surface area contributed by atoms with E-state index in [1.54, 1.807) is 0 Å². The van der Waals surface area contributed by atoms with Crippen molar-refractivity contribution in [3.63, 3.8) is 0 Å². The molecule has 0 aliphatic carbocycles. The summed E-state index contributed by atoms with van der Waals surface area (Å²) in [6.45, 7) is 0. The van der Waals surface area contributed by atoms with E-state index in [9.17, 15) is 0 Å². The van der Waals surface area contributed by atoms with Crippen LogP contribution in [0.25, 0.3) is 0 Å². The summed E-state index contributed by atoms with van der Waals surface area (Å²) >= 11 is 11.9.